The SMILES string of the molecule is CCCCCCCCCCCCCCCCCCC/C=C/C(O)C(CO)NC(=O)CC(O)CCCCCCCCCCCC. The molecule has 44 heavy (non-hydrogen) atoms. The summed E-state index contributed by atoms with van der Waals surface area (Å²) in [5.41, 5.74) is 0. The van der Waals surface area contributed by atoms with Crippen molar-refractivity contribution in [1.82, 2.24) is 5.32 Å². The fourth-order valence-corrected chi connectivity index (χ4v) is 6.05. The molecule has 0 bridgehead atoms. The van der Waals surface area contributed by atoms with Crippen molar-refractivity contribution in [3.05, 3.63) is 12.2 Å². The first-order valence-electron chi connectivity index (χ1n) is 19.5. The number of aliphatic hydroxyl groups excluding tert-OH is 3. The van der Waals surface area contributed by atoms with Crippen LogP contribution in [0.1, 0.15) is 206 Å². The predicted octanol–water partition coefficient (Wildman–Crippen LogP) is 10.5. The van der Waals surface area contributed by atoms with Crippen molar-refractivity contribution in [3.63, 3.8) is 0 Å². The van der Waals surface area contributed by atoms with Crippen LogP contribution in [0, 0.1) is 0 Å². The minimum absolute atomic E-state index is 0.0175. The van der Waals surface area contributed by atoms with E-state index in [0.29, 0.717) is 6.42 Å². The molecule has 3 atom stereocenters. The van der Waals surface area contributed by atoms with Gasteiger partial charge in [-0.15, -0.1) is 0 Å². The molecule has 262 valence electrons. The highest BCUT2D eigenvalue weighted by molar-refractivity contribution is 5.76. The first-order chi connectivity index (χ1) is 21.5. The van der Waals surface area contributed by atoms with E-state index in [4.69, 9.17) is 0 Å². The zero-order chi connectivity index (χ0) is 32.4. The molecule has 0 aliphatic rings. The van der Waals surface area contributed by atoms with Gasteiger partial charge >= 0.3 is 0 Å². The third kappa shape index (κ3) is 31.1. The number of allylic oxidation sites excluding steroid dienone is 1. The van der Waals surface area contributed by atoms with E-state index in [-0.39, 0.29) is 18.9 Å². The van der Waals surface area contributed by atoms with Gasteiger partial charge in [0.2, 0.25) is 5.91 Å². The third-order valence-corrected chi connectivity index (χ3v) is 9.07. The Morgan fingerprint density at radius 1 is 0.568 bits per heavy atom. The average molecular weight is 624 g/mol. The number of aliphatic hydroxyl groups is 3. The van der Waals surface area contributed by atoms with Crippen LogP contribution in [0.3, 0.4) is 0 Å². The Balaban J connectivity index is 3.67. The highest BCUT2D eigenvalue weighted by atomic mass is 16.3. The van der Waals surface area contributed by atoms with Gasteiger partial charge < -0.3 is 20.6 Å². The highest BCUT2D eigenvalue weighted by Gasteiger charge is 2.20. The van der Waals surface area contributed by atoms with Gasteiger partial charge in [-0.25, -0.2) is 0 Å². The molecule has 1 amide bonds. The van der Waals surface area contributed by atoms with Gasteiger partial charge in [0.25, 0.3) is 0 Å². The average Bonchev–Trinajstić information content (AvgIpc) is 3.01. The highest BCUT2D eigenvalue weighted by Crippen LogP contribution is 2.15. The van der Waals surface area contributed by atoms with Crippen LogP contribution in [0.4, 0.5) is 0 Å². The zero-order valence-corrected chi connectivity index (χ0v) is 29.6. The molecule has 0 aliphatic heterocycles. The third-order valence-electron chi connectivity index (χ3n) is 9.07. The second-order valence-electron chi connectivity index (χ2n) is 13.5. The molecule has 0 aliphatic carbocycles. The van der Waals surface area contributed by atoms with E-state index in [2.05, 4.69) is 19.2 Å². The Morgan fingerprint density at radius 3 is 1.32 bits per heavy atom. The molecule has 0 rings (SSSR count). The molecule has 0 radical (unpaired) electrons. The Morgan fingerprint density at radius 2 is 0.932 bits per heavy atom. The summed E-state index contributed by atoms with van der Waals surface area (Å²) >= 11 is 0. The number of unbranched alkanes of at least 4 members (excludes halogenated alkanes) is 26. The van der Waals surface area contributed by atoms with Gasteiger partial charge in [-0.05, 0) is 19.3 Å². The standard InChI is InChI=1S/C39H77NO4/c1-3-5-7-9-11-13-15-16-17-18-19-20-21-22-23-25-27-29-31-33-38(43)37(35-41)40-39(44)34-36(42)32-30-28-26-24-14-12-10-8-6-4-2/h31,33,36-38,41-43H,3-30,32,34-35H2,1-2H3,(H,40,44)/b33-31+. The first kappa shape index (κ1) is 43.1. The van der Waals surface area contributed by atoms with Crippen molar-refractivity contribution < 1.29 is 20.1 Å². The Kier molecular flexibility index (Phi) is 34.2. The van der Waals surface area contributed by atoms with Gasteiger partial charge in [0.05, 0.1) is 31.3 Å². The topological polar surface area (TPSA) is 89.8 Å². The summed E-state index contributed by atoms with van der Waals surface area (Å²) in [4.78, 5) is 12.3. The second kappa shape index (κ2) is 35.0. The van der Waals surface area contributed by atoms with E-state index in [1.54, 1.807) is 6.08 Å². The number of rotatable bonds is 35. The van der Waals surface area contributed by atoms with E-state index < -0.39 is 18.2 Å². The quantitative estimate of drug-likeness (QED) is 0.0418. The van der Waals surface area contributed by atoms with Gasteiger partial charge in [0, 0.05) is 0 Å². The minimum atomic E-state index is -0.922. The van der Waals surface area contributed by atoms with Crippen LogP contribution in [-0.4, -0.2) is 46.1 Å². The maximum absolute atomic E-state index is 12.3. The molecule has 5 heteroatoms. The van der Waals surface area contributed by atoms with Gasteiger partial charge in [0.15, 0.2) is 0 Å². The number of hydrogen-bond acceptors (Lipinski definition) is 4. The van der Waals surface area contributed by atoms with Crippen LogP contribution in [0.2, 0.25) is 0 Å². The van der Waals surface area contributed by atoms with Crippen molar-refractivity contribution in [1.29, 1.82) is 0 Å². The predicted molar refractivity (Wildman–Crippen MR) is 190 cm³/mol. The summed E-state index contributed by atoms with van der Waals surface area (Å²) in [5, 5.41) is 33.0. The molecule has 0 aromatic rings. The molecule has 5 nitrogen and oxygen atoms in total. The molecular formula is C39H77NO4. The fourth-order valence-electron chi connectivity index (χ4n) is 6.05. The molecule has 0 aromatic heterocycles. The monoisotopic (exact) mass is 624 g/mol. The number of carbonyl (C=O) groups is 1. The zero-order valence-electron chi connectivity index (χ0n) is 29.6. The summed E-state index contributed by atoms with van der Waals surface area (Å²) in [6.07, 6.45) is 39.2. The number of hydrogen-bond donors (Lipinski definition) is 4. The maximum atomic E-state index is 12.3. The lowest BCUT2D eigenvalue weighted by molar-refractivity contribution is -0.124. The molecule has 3 unspecified atom stereocenters. The molecule has 0 saturated heterocycles. The van der Waals surface area contributed by atoms with E-state index in [9.17, 15) is 20.1 Å². The van der Waals surface area contributed by atoms with Gasteiger partial charge in [0.1, 0.15) is 0 Å². The van der Waals surface area contributed by atoms with Crippen molar-refractivity contribution in [2.75, 3.05) is 6.61 Å². The van der Waals surface area contributed by atoms with Crippen molar-refractivity contribution in [3.8, 4) is 0 Å². The normalized spacial score (nSPS) is 13.8. The van der Waals surface area contributed by atoms with E-state index in [1.807, 2.05) is 6.08 Å². The van der Waals surface area contributed by atoms with Crippen LogP contribution >= 0.6 is 0 Å². The molecule has 0 saturated carbocycles. The summed E-state index contributed by atoms with van der Waals surface area (Å²) in [7, 11) is 0. The lowest BCUT2D eigenvalue weighted by Crippen LogP contribution is -2.45. The Labute approximate surface area is 274 Å². The van der Waals surface area contributed by atoms with Crippen LogP contribution < -0.4 is 5.32 Å². The largest absolute Gasteiger partial charge is 0.394 e. The summed E-state index contributed by atoms with van der Waals surface area (Å²) in [5.74, 6) is -0.316. The smallest absolute Gasteiger partial charge is 0.222 e. The van der Waals surface area contributed by atoms with E-state index in [1.165, 1.54) is 154 Å². The van der Waals surface area contributed by atoms with Crippen molar-refractivity contribution >= 4 is 5.91 Å². The van der Waals surface area contributed by atoms with Gasteiger partial charge in [-0.1, -0.05) is 193 Å². The molecule has 4 N–H and O–H groups in total. The molecule has 0 fully saturated rings. The first-order valence-corrected chi connectivity index (χ1v) is 19.5. The van der Waals surface area contributed by atoms with Gasteiger partial charge in [-0.3, -0.25) is 4.79 Å². The van der Waals surface area contributed by atoms with E-state index >= 15 is 0 Å². The van der Waals surface area contributed by atoms with E-state index in [0.717, 1.165) is 25.7 Å². The molecule has 0 spiro atoms. The number of nitrogens with one attached hydrogen (secondary N) is 1. The fraction of sp³-hybridized carbons (Fsp3) is 0.923. The Bertz CT molecular complexity index is 611. The summed E-state index contributed by atoms with van der Waals surface area (Å²) < 4.78 is 0. The maximum Gasteiger partial charge on any atom is 0.222 e. The van der Waals surface area contributed by atoms with Crippen LogP contribution in [0.15, 0.2) is 12.2 Å². The lowest BCUT2D eigenvalue weighted by atomic mass is 10.0. The van der Waals surface area contributed by atoms with Crippen LogP contribution in [-0.2, 0) is 4.79 Å². The molecule has 0 heterocycles. The van der Waals surface area contributed by atoms with Crippen molar-refractivity contribution in [2.45, 2.75) is 225 Å². The second-order valence-corrected chi connectivity index (χ2v) is 13.5. The van der Waals surface area contributed by atoms with Crippen LogP contribution in [0.25, 0.3) is 0 Å². The summed E-state index contributed by atoms with van der Waals surface area (Å²) in [6, 6.07) is -0.737. The minimum Gasteiger partial charge on any atom is -0.394 e. The molecule has 0 aromatic carbocycles. The van der Waals surface area contributed by atoms with Crippen molar-refractivity contribution in [2.24, 2.45) is 0 Å². The number of amides is 1. The van der Waals surface area contributed by atoms with Gasteiger partial charge in [-0.2, -0.15) is 0 Å². The van der Waals surface area contributed by atoms with Crippen LogP contribution in [0.5, 0.6) is 0 Å². The lowest BCUT2D eigenvalue weighted by Gasteiger charge is -2.21. The Hall–Kier alpha value is -0.910. The summed E-state index contributed by atoms with van der Waals surface area (Å²) in [6.45, 7) is 4.20. The molecular weight excluding hydrogens is 546 g/mol. The number of carbonyl (C=O) groups excluding carboxylic acids is 1.